The van der Waals surface area contributed by atoms with Crippen LogP contribution in [0.2, 0.25) is 0 Å². The lowest BCUT2D eigenvalue weighted by molar-refractivity contribution is 0.0967. The van der Waals surface area contributed by atoms with Gasteiger partial charge in [0, 0.05) is 18.0 Å². The fourth-order valence-corrected chi connectivity index (χ4v) is 3.35. The SMILES string of the molecule is COc1cc2ccnc(C(=O)CCC3CCNCC3)c2cc1OC.Cl. The maximum absolute atomic E-state index is 12.7. The van der Waals surface area contributed by atoms with Crippen molar-refractivity contribution in [3.8, 4) is 11.5 Å². The van der Waals surface area contributed by atoms with E-state index in [1.54, 1.807) is 20.4 Å². The first-order valence-electron chi connectivity index (χ1n) is 8.47. The van der Waals surface area contributed by atoms with E-state index in [2.05, 4.69) is 10.3 Å². The number of hydrogen-bond acceptors (Lipinski definition) is 5. The van der Waals surface area contributed by atoms with Gasteiger partial charge in [-0.3, -0.25) is 9.78 Å². The topological polar surface area (TPSA) is 60.5 Å². The zero-order valence-corrected chi connectivity index (χ0v) is 15.5. The van der Waals surface area contributed by atoms with E-state index in [0.29, 0.717) is 29.5 Å². The Hall–Kier alpha value is -1.85. The molecule has 25 heavy (non-hydrogen) atoms. The fraction of sp³-hybridized carbons (Fsp3) is 0.474. The summed E-state index contributed by atoms with van der Waals surface area (Å²) >= 11 is 0. The van der Waals surface area contributed by atoms with Crippen LogP contribution in [0.3, 0.4) is 0 Å². The molecule has 2 heterocycles. The first-order valence-corrected chi connectivity index (χ1v) is 8.47. The number of nitrogens with zero attached hydrogens (tertiary/aromatic N) is 1. The highest BCUT2D eigenvalue weighted by Crippen LogP contribution is 2.33. The molecule has 0 atom stereocenters. The molecule has 6 heteroatoms. The summed E-state index contributed by atoms with van der Waals surface area (Å²) in [6.45, 7) is 2.12. The van der Waals surface area contributed by atoms with Crippen molar-refractivity contribution in [3.05, 3.63) is 30.1 Å². The van der Waals surface area contributed by atoms with Crippen LogP contribution in [-0.2, 0) is 0 Å². The maximum Gasteiger partial charge on any atom is 0.181 e. The van der Waals surface area contributed by atoms with Gasteiger partial charge in [-0.1, -0.05) is 0 Å². The minimum atomic E-state index is 0. The van der Waals surface area contributed by atoms with Gasteiger partial charge < -0.3 is 14.8 Å². The number of methoxy groups -OCH3 is 2. The Morgan fingerprint density at radius 1 is 1.20 bits per heavy atom. The normalized spacial score (nSPS) is 14.8. The highest BCUT2D eigenvalue weighted by atomic mass is 35.5. The molecule has 1 aromatic carbocycles. The Morgan fingerprint density at radius 2 is 1.88 bits per heavy atom. The van der Waals surface area contributed by atoms with E-state index < -0.39 is 0 Å². The molecule has 0 saturated carbocycles. The molecule has 3 rings (SSSR count). The maximum atomic E-state index is 12.7. The fourth-order valence-electron chi connectivity index (χ4n) is 3.35. The van der Waals surface area contributed by atoms with E-state index in [0.717, 1.165) is 43.1 Å². The molecule has 2 aromatic rings. The van der Waals surface area contributed by atoms with Crippen molar-refractivity contribution in [3.63, 3.8) is 0 Å². The molecular formula is C19H25ClN2O3. The molecule has 1 aromatic heterocycles. The van der Waals surface area contributed by atoms with Crippen molar-refractivity contribution < 1.29 is 14.3 Å². The second-order valence-corrected chi connectivity index (χ2v) is 6.24. The van der Waals surface area contributed by atoms with E-state index in [1.165, 1.54) is 0 Å². The van der Waals surface area contributed by atoms with Gasteiger partial charge in [-0.05, 0) is 61.9 Å². The Kier molecular flexibility index (Phi) is 7.02. The molecule has 1 saturated heterocycles. The van der Waals surface area contributed by atoms with Crippen LogP contribution >= 0.6 is 12.4 Å². The number of fused-ring (bicyclic) bond motifs is 1. The molecule has 1 fully saturated rings. The van der Waals surface area contributed by atoms with Crippen molar-refractivity contribution in [1.29, 1.82) is 0 Å². The average Bonchev–Trinajstić information content (AvgIpc) is 2.65. The Morgan fingerprint density at radius 3 is 2.56 bits per heavy atom. The summed E-state index contributed by atoms with van der Waals surface area (Å²) in [5, 5.41) is 5.12. The van der Waals surface area contributed by atoms with Crippen LogP contribution in [0.1, 0.15) is 36.2 Å². The number of piperidine rings is 1. The highest BCUT2D eigenvalue weighted by molar-refractivity contribution is 6.07. The lowest BCUT2D eigenvalue weighted by Gasteiger charge is -2.22. The van der Waals surface area contributed by atoms with Gasteiger partial charge >= 0.3 is 0 Å². The predicted molar refractivity (Wildman–Crippen MR) is 101 cm³/mol. The second-order valence-electron chi connectivity index (χ2n) is 6.24. The minimum absolute atomic E-state index is 0. The molecule has 0 bridgehead atoms. The first-order chi connectivity index (χ1) is 11.7. The summed E-state index contributed by atoms with van der Waals surface area (Å²) in [6.07, 6.45) is 5.48. The Labute approximate surface area is 154 Å². The van der Waals surface area contributed by atoms with Crippen molar-refractivity contribution in [2.75, 3.05) is 27.3 Å². The average molecular weight is 365 g/mol. The zero-order chi connectivity index (χ0) is 16.9. The second kappa shape index (κ2) is 9.02. The van der Waals surface area contributed by atoms with Crippen LogP contribution in [0.4, 0.5) is 0 Å². The van der Waals surface area contributed by atoms with Crippen molar-refractivity contribution in [2.45, 2.75) is 25.7 Å². The third-order valence-electron chi connectivity index (χ3n) is 4.77. The number of carbonyl (C=O) groups excluding carboxylic acids is 1. The summed E-state index contributed by atoms with van der Waals surface area (Å²) < 4.78 is 10.7. The summed E-state index contributed by atoms with van der Waals surface area (Å²) in [7, 11) is 3.20. The number of nitrogens with one attached hydrogen (secondary N) is 1. The summed E-state index contributed by atoms with van der Waals surface area (Å²) in [5.74, 6) is 2.01. The number of carbonyl (C=O) groups is 1. The van der Waals surface area contributed by atoms with Gasteiger partial charge in [0.15, 0.2) is 17.3 Å². The molecule has 0 unspecified atom stereocenters. The number of ether oxygens (including phenoxy) is 2. The number of rotatable bonds is 6. The van der Waals surface area contributed by atoms with Crippen molar-refractivity contribution in [2.24, 2.45) is 5.92 Å². The van der Waals surface area contributed by atoms with Gasteiger partial charge in [-0.25, -0.2) is 0 Å². The van der Waals surface area contributed by atoms with Gasteiger partial charge in [0.25, 0.3) is 0 Å². The van der Waals surface area contributed by atoms with E-state index >= 15 is 0 Å². The number of benzene rings is 1. The monoisotopic (exact) mass is 364 g/mol. The molecule has 0 aliphatic carbocycles. The number of halogens is 1. The van der Waals surface area contributed by atoms with Gasteiger partial charge in [0.05, 0.1) is 14.2 Å². The van der Waals surface area contributed by atoms with Crippen molar-refractivity contribution in [1.82, 2.24) is 10.3 Å². The number of pyridine rings is 1. The molecular weight excluding hydrogens is 340 g/mol. The largest absolute Gasteiger partial charge is 0.493 e. The molecule has 5 nitrogen and oxygen atoms in total. The van der Waals surface area contributed by atoms with Crippen LogP contribution < -0.4 is 14.8 Å². The van der Waals surface area contributed by atoms with Crippen molar-refractivity contribution >= 4 is 29.0 Å². The van der Waals surface area contributed by atoms with E-state index in [1.807, 2.05) is 18.2 Å². The Bertz CT molecular complexity index is 730. The van der Waals surface area contributed by atoms with E-state index in [9.17, 15) is 4.79 Å². The third kappa shape index (κ3) is 4.41. The van der Waals surface area contributed by atoms with Crippen LogP contribution in [-0.4, -0.2) is 38.1 Å². The lowest BCUT2D eigenvalue weighted by atomic mass is 9.91. The van der Waals surface area contributed by atoms with Gasteiger partial charge in [0.2, 0.25) is 0 Å². The lowest BCUT2D eigenvalue weighted by Crippen LogP contribution is -2.28. The molecule has 0 radical (unpaired) electrons. The number of Topliss-reactive ketones (excluding diaryl/α,β-unsaturated/α-hetero) is 1. The zero-order valence-electron chi connectivity index (χ0n) is 14.7. The van der Waals surface area contributed by atoms with Crippen LogP contribution in [0.5, 0.6) is 11.5 Å². The molecule has 1 aliphatic rings. The number of ketones is 1. The molecule has 0 spiro atoms. The van der Waals surface area contributed by atoms with E-state index in [-0.39, 0.29) is 18.2 Å². The van der Waals surface area contributed by atoms with Crippen LogP contribution in [0, 0.1) is 5.92 Å². The molecule has 1 aliphatic heterocycles. The van der Waals surface area contributed by atoms with E-state index in [4.69, 9.17) is 9.47 Å². The molecule has 136 valence electrons. The summed E-state index contributed by atoms with van der Waals surface area (Å²) in [4.78, 5) is 17.0. The van der Waals surface area contributed by atoms with Gasteiger partial charge in [-0.15, -0.1) is 12.4 Å². The standard InChI is InChI=1S/C19H24N2O3.ClH/c1-23-17-11-14-7-10-21-19(15(14)12-18(17)24-2)16(22)4-3-13-5-8-20-9-6-13;/h7,10-13,20H,3-6,8-9H2,1-2H3;1H. The Balaban J connectivity index is 0.00000225. The minimum Gasteiger partial charge on any atom is -0.493 e. The number of hydrogen-bond donors (Lipinski definition) is 1. The first kappa shape index (κ1) is 19.5. The smallest absolute Gasteiger partial charge is 0.181 e. The van der Waals surface area contributed by atoms with Gasteiger partial charge in [-0.2, -0.15) is 0 Å². The summed E-state index contributed by atoms with van der Waals surface area (Å²) in [5.41, 5.74) is 0.530. The highest BCUT2D eigenvalue weighted by Gasteiger charge is 2.18. The number of aromatic nitrogens is 1. The molecule has 0 amide bonds. The summed E-state index contributed by atoms with van der Waals surface area (Å²) in [6, 6.07) is 5.62. The van der Waals surface area contributed by atoms with Crippen LogP contribution in [0.15, 0.2) is 24.4 Å². The van der Waals surface area contributed by atoms with Gasteiger partial charge in [0.1, 0.15) is 5.69 Å². The van der Waals surface area contributed by atoms with Crippen LogP contribution in [0.25, 0.3) is 10.8 Å². The predicted octanol–water partition coefficient (Wildman–Crippen LogP) is 3.64. The third-order valence-corrected chi connectivity index (χ3v) is 4.77. The molecule has 1 N–H and O–H groups in total. The quantitative estimate of drug-likeness (QED) is 0.793.